The SMILES string of the molecule is Cc1cc2c3c(c1)N(c1ccc4c(c1)C(C)(C)CCC4(C)C)c1c(oc4cc5c(cc14)C(C)(C)CCC5(C)C)B3c1ccc(N(c3ccc(C(C)(C)C)cc3)c3ccc(C(C)(C)C)cc3)cc1N2c1cc2c(cc1-c1ccccc1)C(C)(C)CCC2(C)C. The zero-order valence-electron chi connectivity index (χ0n) is 56.5. The zero-order valence-corrected chi connectivity index (χ0v) is 56.5. The van der Waals surface area contributed by atoms with Gasteiger partial charge in [0.25, 0.3) is 6.71 Å². The molecular formula is C83H94BN3O. The maximum Gasteiger partial charge on any atom is 0.297 e. The lowest BCUT2D eigenvalue weighted by molar-refractivity contribution is 0.332. The number of nitrogens with zero attached hydrogens (tertiary/aromatic N) is 3. The van der Waals surface area contributed by atoms with Gasteiger partial charge in [-0.3, -0.25) is 0 Å². The molecule has 4 nitrogen and oxygen atoms in total. The van der Waals surface area contributed by atoms with Gasteiger partial charge < -0.3 is 19.1 Å². The number of hydrogen-bond acceptors (Lipinski definition) is 4. The van der Waals surface area contributed by atoms with E-state index in [4.69, 9.17) is 4.42 Å². The summed E-state index contributed by atoms with van der Waals surface area (Å²) in [6.45, 7) is 45.5. The van der Waals surface area contributed by atoms with Crippen molar-refractivity contribution in [1.29, 1.82) is 0 Å². The van der Waals surface area contributed by atoms with Gasteiger partial charge in [-0.2, -0.15) is 0 Å². The first-order valence-electron chi connectivity index (χ1n) is 33.2. The highest BCUT2D eigenvalue weighted by Crippen LogP contribution is 2.57. The Morgan fingerprint density at radius 1 is 0.420 bits per heavy atom. The number of hydrogen-bond donors (Lipinski definition) is 0. The van der Waals surface area contributed by atoms with Crippen molar-refractivity contribution < 1.29 is 4.42 Å². The van der Waals surface area contributed by atoms with Gasteiger partial charge in [-0.15, -0.1) is 0 Å². The minimum Gasteiger partial charge on any atom is -0.468 e. The Morgan fingerprint density at radius 3 is 1.42 bits per heavy atom. The molecule has 0 amide bonds. The first-order chi connectivity index (χ1) is 41.2. The first kappa shape index (κ1) is 58.4. The van der Waals surface area contributed by atoms with Crippen molar-refractivity contribution in [3.63, 3.8) is 0 Å². The second-order valence-corrected chi connectivity index (χ2v) is 33.5. The van der Waals surface area contributed by atoms with E-state index in [2.05, 4.69) is 298 Å². The Hall–Kier alpha value is -7.24. The summed E-state index contributed by atoms with van der Waals surface area (Å²) in [5, 5.41) is 1.20. The molecule has 0 bridgehead atoms. The van der Waals surface area contributed by atoms with Crippen molar-refractivity contribution in [3.05, 3.63) is 202 Å². The Balaban J connectivity index is 1.11. The van der Waals surface area contributed by atoms with Crippen LogP contribution in [0.2, 0.25) is 0 Å². The highest BCUT2D eigenvalue weighted by atomic mass is 16.3. The molecule has 0 saturated carbocycles. The van der Waals surface area contributed by atoms with Crippen LogP contribution in [0.5, 0.6) is 0 Å². The average molecular weight is 1160 g/mol. The lowest BCUT2D eigenvalue weighted by Crippen LogP contribution is -2.61. The summed E-state index contributed by atoms with van der Waals surface area (Å²) in [5.74, 6) is 0. The number of furan rings is 1. The zero-order chi connectivity index (χ0) is 62.4. The van der Waals surface area contributed by atoms with Crippen LogP contribution in [0.4, 0.5) is 51.2 Å². The minimum atomic E-state index is -0.227. The molecule has 3 aliphatic carbocycles. The fraction of sp³-hybridized carbons (Fsp3) is 0.398. The van der Waals surface area contributed by atoms with Crippen LogP contribution < -0.4 is 31.3 Å². The van der Waals surface area contributed by atoms with Gasteiger partial charge in [0.2, 0.25) is 0 Å². The number of aryl methyl sites for hydroxylation is 1. The largest absolute Gasteiger partial charge is 0.468 e. The number of fused-ring (bicyclic) bond motifs is 9. The molecule has 0 fully saturated rings. The second kappa shape index (κ2) is 19.4. The van der Waals surface area contributed by atoms with Crippen LogP contribution in [0.25, 0.3) is 22.1 Å². The molecule has 9 aromatic rings. The summed E-state index contributed by atoms with van der Waals surface area (Å²) in [6, 6.07) is 60.2. The van der Waals surface area contributed by atoms with Gasteiger partial charge in [-0.25, -0.2) is 0 Å². The van der Waals surface area contributed by atoms with Crippen LogP contribution in [0.1, 0.15) is 213 Å². The summed E-state index contributed by atoms with van der Waals surface area (Å²) in [6.07, 6.45) is 6.84. The van der Waals surface area contributed by atoms with Crippen molar-refractivity contribution in [2.75, 3.05) is 14.7 Å². The molecule has 0 radical (unpaired) electrons. The quantitative estimate of drug-likeness (QED) is 0.155. The second-order valence-electron chi connectivity index (χ2n) is 33.5. The molecule has 0 atom stereocenters. The maximum absolute atomic E-state index is 7.87. The van der Waals surface area contributed by atoms with E-state index < -0.39 is 0 Å². The van der Waals surface area contributed by atoms with Crippen LogP contribution in [0, 0.1) is 6.92 Å². The molecule has 2 aliphatic heterocycles. The highest BCUT2D eigenvalue weighted by molar-refractivity contribution is 7.00. The number of benzene rings is 8. The topological polar surface area (TPSA) is 22.9 Å². The summed E-state index contributed by atoms with van der Waals surface area (Å²) in [5.41, 5.74) is 30.1. The van der Waals surface area contributed by atoms with Gasteiger partial charge in [0.1, 0.15) is 5.58 Å². The Morgan fingerprint density at radius 2 is 0.886 bits per heavy atom. The normalized spacial score (nSPS) is 18.8. The molecule has 5 heteroatoms. The third kappa shape index (κ3) is 9.18. The van der Waals surface area contributed by atoms with Gasteiger partial charge in [0.05, 0.1) is 17.0 Å². The summed E-state index contributed by atoms with van der Waals surface area (Å²) >= 11 is 0. The molecule has 0 saturated heterocycles. The molecule has 5 aliphatic rings. The molecular weight excluding hydrogens is 1070 g/mol. The third-order valence-electron chi connectivity index (χ3n) is 22.4. The lowest BCUT2D eigenvalue weighted by Gasteiger charge is -2.46. The van der Waals surface area contributed by atoms with Gasteiger partial charge >= 0.3 is 0 Å². The van der Waals surface area contributed by atoms with E-state index in [0.29, 0.717) is 0 Å². The monoisotopic (exact) mass is 1160 g/mol. The molecule has 1 aromatic heterocycles. The van der Waals surface area contributed by atoms with E-state index in [1.807, 2.05) is 0 Å². The van der Waals surface area contributed by atoms with Crippen LogP contribution in [0.3, 0.4) is 0 Å². The van der Waals surface area contributed by atoms with E-state index in [9.17, 15) is 0 Å². The van der Waals surface area contributed by atoms with E-state index in [1.165, 1.54) is 118 Å². The summed E-state index contributed by atoms with van der Waals surface area (Å²) < 4.78 is 7.87. The van der Waals surface area contributed by atoms with Crippen molar-refractivity contribution >= 4 is 85.5 Å². The van der Waals surface area contributed by atoms with E-state index >= 15 is 0 Å². The molecule has 88 heavy (non-hydrogen) atoms. The van der Waals surface area contributed by atoms with E-state index in [0.717, 1.165) is 60.4 Å². The van der Waals surface area contributed by atoms with Crippen molar-refractivity contribution in [2.24, 2.45) is 0 Å². The van der Waals surface area contributed by atoms with Crippen LogP contribution >= 0.6 is 0 Å². The van der Waals surface area contributed by atoms with Gasteiger partial charge in [0.15, 0.2) is 0 Å². The fourth-order valence-corrected chi connectivity index (χ4v) is 16.3. The number of rotatable bonds is 6. The van der Waals surface area contributed by atoms with E-state index in [-0.39, 0.29) is 50.0 Å². The first-order valence-corrected chi connectivity index (χ1v) is 33.2. The molecule has 0 unspecified atom stereocenters. The minimum absolute atomic E-state index is 0.000437. The molecule has 3 heterocycles. The summed E-state index contributed by atoms with van der Waals surface area (Å²) in [7, 11) is 0. The summed E-state index contributed by atoms with van der Waals surface area (Å²) in [4.78, 5) is 7.86. The Bertz CT molecular complexity index is 4250. The number of anilines is 9. The van der Waals surface area contributed by atoms with Crippen molar-refractivity contribution in [1.82, 2.24) is 0 Å². The predicted molar refractivity (Wildman–Crippen MR) is 378 cm³/mol. The molecule has 14 rings (SSSR count). The molecule has 0 N–H and O–H groups in total. The van der Waals surface area contributed by atoms with Gasteiger partial charge in [-0.05, 0) is 240 Å². The fourth-order valence-electron chi connectivity index (χ4n) is 16.3. The third-order valence-corrected chi connectivity index (χ3v) is 22.4. The predicted octanol–water partition coefficient (Wildman–Crippen LogP) is 21.6. The van der Waals surface area contributed by atoms with Crippen LogP contribution in [-0.2, 0) is 43.3 Å². The van der Waals surface area contributed by atoms with Gasteiger partial charge in [0, 0.05) is 50.8 Å². The standard InChI is InChI=1S/C83H94BN3O/c1-51-43-70-73-71(44-51)87(68-49-65-63(80(12,13)39-41-82(65,16)17)47-59(68)52-23-21-20-22-24-52)69-46-58(85(55-29-25-53(26-30-55)76(2,3)4)56-31-27-54(28-32-56)77(5,6)7)34-36-67(69)84(73)75-74(60-48-64-66(50-72(60)88-75)83(18,19)42-40-81(64,14)15)86(70)57-33-35-61-62(45-57)79(10,11)38-37-78(61,8)9/h20-36,43-50H,37-42H2,1-19H3. The van der Waals surface area contributed by atoms with Crippen LogP contribution in [-0.4, -0.2) is 6.71 Å². The highest BCUT2D eigenvalue weighted by Gasteiger charge is 2.50. The van der Waals surface area contributed by atoms with Gasteiger partial charge in [-0.1, -0.05) is 191 Å². The maximum atomic E-state index is 7.87. The molecule has 8 aromatic carbocycles. The lowest BCUT2D eigenvalue weighted by atomic mass is 9.35. The smallest absolute Gasteiger partial charge is 0.297 e. The van der Waals surface area contributed by atoms with Crippen LogP contribution in [0.15, 0.2) is 156 Å². The Labute approximate surface area is 527 Å². The van der Waals surface area contributed by atoms with Crippen molar-refractivity contribution in [3.8, 4) is 11.1 Å². The Kier molecular flexibility index (Phi) is 12.9. The molecule has 0 spiro atoms. The van der Waals surface area contributed by atoms with E-state index in [1.54, 1.807) is 0 Å². The van der Waals surface area contributed by atoms with Crippen molar-refractivity contribution in [2.45, 2.75) is 213 Å². The molecule has 450 valence electrons. The average Bonchev–Trinajstić information content (AvgIpc) is 1.24.